The molecule has 0 spiro atoms. The molecule has 88 valence electrons. The Kier molecular flexibility index (Phi) is 3.76. The lowest BCUT2D eigenvalue weighted by Crippen LogP contribution is -1.99. The number of rotatable bonds is 4. The van der Waals surface area contributed by atoms with E-state index in [1.807, 2.05) is 24.3 Å². The van der Waals surface area contributed by atoms with Gasteiger partial charge >= 0.3 is 0 Å². The van der Waals surface area contributed by atoms with Crippen molar-refractivity contribution in [3.63, 3.8) is 0 Å². The maximum atomic E-state index is 11.1. The Labute approximate surface area is 107 Å². The summed E-state index contributed by atoms with van der Waals surface area (Å²) in [6.45, 7) is 0.164. The van der Waals surface area contributed by atoms with Gasteiger partial charge in [-0.25, -0.2) is 0 Å². The first kappa shape index (κ1) is 12.1. The van der Waals surface area contributed by atoms with Gasteiger partial charge in [0.05, 0.1) is 0 Å². The van der Waals surface area contributed by atoms with Crippen molar-refractivity contribution in [2.45, 2.75) is 0 Å². The number of ether oxygens (including phenoxy) is 2. The minimum atomic E-state index is 0.164. The molecule has 0 fully saturated rings. The summed E-state index contributed by atoms with van der Waals surface area (Å²) in [5.74, 6) is 0.625. The van der Waals surface area contributed by atoms with Crippen LogP contribution < -0.4 is 4.74 Å². The van der Waals surface area contributed by atoms with E-state index in [2.05, 4.69) is 15.9 Å². The zero-order chi connectivity index (χ0) is 12.3. The predicted octanol–water partition coefficient (Wildman–Crippen LogP) is 3.40. The van der Waals surface area contributed by atoms with E-state index in [1.54, 1.807) is 13.2 Å². The van der Waals surface area contributed by atoms with Crippen LogP contribution in [-0.2, 0) is 4.74 Å². The lowest BCUT2D eigenvalue weighted by atomic mass is 10.1. The van der Waals surface area contributed by atoms with Crippen molar-refractivity contribution in [1.82, 2.24) is 0 Å². The second-order valence-electron chi connectivity index (χ2n) is 3.52. The molecule has 17 heavy (non-hydrogen) atoms. The largest absolute Gasteiger partial charge is 0.468 e. The number of carbonyl (C=O) groups excluding carboxylic acids is 1. The fraction of sp³-hybridized carbons (Fsp3) is 0.154. The van der Waals surface area contributed by atoms with E-state index >= 15 is 0 Å². The summed E-state index contributed by atoms with van der Waals surface area (Å²) in [5.41, 5.74) is 0.598. The van der Waals surface area contributed by atoms with Gasteiger partial charge in [-0.15, -0.1) is 0 Å². The molecule has 0 amide bonds. The molecule has 0 saturated carbocycles. The fourth-order valence-electron chi connectivity index (χ4n) is 1.69. The predicted molar refractivity (Wildman–Crippen MR) is 69.5 cm³/mol. The monoisotopic (exact) mass is 294 g/mol. The number of benzene rings is 2. The van der Waals surface area contributed by atoms with Crippen molar-refractivity contribution >= 4 is 33.0 Å². The fourth-order valence-corrected chi connectivity index (χ4v) is 2.30. The molecule has 0 heterocycles. The van der Waals surface area contributed by atoms with Crippen LogP contribution in [0.5, 0.6) is 5.75 Å². The molecule has 3 nitrogen and oxygen atoms in total. The van der Waals surface area contributed by atoms with Gasteiger partial charge in [0, 0.05) is 22.5 Å². The van der Waals surface area contributed by atoms with Crippen LogP contribution in [0.15, 0.2) is 34.8 Å². The van der Waals surface area contributed by atoms with Crippen molar-refractivity contribution in [3.8, 4) is 5.75 Å². The number of fused-ring (bicyclic) bond motifs is 1. The quantitative estimate of drug-likeness (QED) is 0.640. The first-order valence-electron chi connectivity index (χ1n) is 5.05. The van der Waals surface area contributed by atoms with Crippen LogP contribution in [0.2, 0.25) is 0 Å². The molecule has 0 radical (unpaired) electrons. The number of methoxy groups -OCH3 is 1. The second kappa shape index (κ2) is 5.29. The molecular weight excluding hydrogens is 284 g/mol. The Morgan fingerprint density at radius 1 is 1.35 bits per heavy atom. The van der Waals surface area contributed by atoms with E-state index < -0.39 is 0 Å². The van der Waals surface area contributed by atoms with E-state index in [-0.39, 0.29) is 6.79 Å². The van der Waals surface area contributed by atoms with Gasteiger partial charge in [-0.3, -0.25) is 4.79 Å². The first-order valence-corrected chi connectivity index (χ1v) is 5.84. The molecule has 0 aliphatic rings. The van der Waals surface area contributed by atoms with Gasteiger partial charge in [-0.1, -0.05) is 28.1 Å². The molecule has 0 N–H and O–H groups in total. The van der Waals surface area contributed by atoms with Crippen LogP contribution in [-0.4, -0.2) is 20.2 Å². The van der Waals surface area contributed by atoms with E-state index in [9.17, 15) is 4.79 Å². The molecule has 0 unspecified atom stereocenters. The highest BCUT2D eigenvalue weighted by Gasteiger charge is 2.07. The summed E-state index contributed by atoms with van der Waals surface area (Å²) < 4.78 is 11.1. The SMILES string of the molecule is COCOc1cc(C=O)c2c(Br)cccc2c1. The highest BCUT2D eigenvalue weighted by molar-refractivity contribution is 9.10. The van der Waals surface area contributed by atoms with E-state index in [0.717, 1.165) is 21.5 Å². The minimum absolute atomic E-state index is 0.164. The third kappa shape index (κ3) is 2.48. The third-order valence-corrected chi connectivity index (χ3v) is 3.06. The lowest BCUT2D eigenvalue weighted by Gasteiger charge is -2.09. The van der Waals surface area contributed by atoms with Gasteiger partial charge in [0.1, 0.15) is 5.75 Å². The smallest absolute Gasteiger partial charge is 0.188 e. The highest BCUT2D eigenvalue weighted by atomic mass is 79.9. The molecule has 0 aromatic heterocycles. The Balaban J connectivity index is 2.58. The number of aldehydes is 1. The summed E-state index contributed by atoms with van der Waals surface area (Å²) in [6.07, 6.45) is 0.826. The van der Waals surface area contributed by atoms with Gasteiger partial charge < -0.3 is 9.47 Å². The molecule has 0 aliphatic heterocycles. The van der Waals surface area contributed by atoms with Gasteiger partial charge in [-0.05, 0) is 23.6 Å². The van der Waals surface area contributed by atoms with Crippen LogP contribution in [0.3, 0.4) is 0 Å². The summed E-state index contributed by atoms with van der Waals surface area (Å²) in [6, 6.07) is 9.35. The van der Waals surface area contributed by atoms with E-state index in [1.165, 1.54) is 0 Å². The van der Waals surface area contributed by atoms with Crippen LogP contribution in [0.1, 0.15) is 10.4 Å². The van der Waals surface area contributed by atoms with Crippen molar-refractivity contribution in [1.29, 1.82) is 0 Å². The van der Waals surface area contributed by atoms with Crippen molar-refractivity contribution in [2.24, 2.45) is 0 Å². The summed E-state index contributed by atoms with van der Waals surface area (Å²) in [5, 5.41) is 1.85. The zero-order valence-corrected chi connectivity index (χ0v) is 10.9. The Hall–Kier alpha value is -1.39. The van der Waals surface area contributed by atoms with Crippen LogP contribution in [0.25, 0.3) is 10.8 Å². The normalized spacial score (nSPS) is 10.5. The van der Waals surface area contributed by atoms with Crippen molar-refractivity contribution in [2.75, 3.05) is 13.9 Å². The highest BCUT2D eigenvalue weighted by Crippen LogP contribution is 2.30. The Morgan fingerprint density at radius 2 is 2.18 bits per heavy atom. The Morgan fingerprint density at radius 3 is 2.88 bits per heavy atom. The maximum absolute atomic E-state index is 11.1. The molecule has 4 heteroatoms. The molecule has 0 saturated heterocycles. The first-order chi connectivity index (χ1) is 8.26. The Bertz CT molecular complexity index is 552. The zero-order valence-electron chi connectivity index (χ0n) is 9.27. The van der Waals surface area contributed by atoms with Crippen LogP contribution >= 0.6 is 15.9 Å². The van der Waals surface area contributed by atoms with Gasteiger partial charge in [0.2, 0.25) is 0 Å². The molecular formula is C13H11BrO3. The summed E-state index contributed by atoms with van der Waals surface area (Å²) in [4.78, 5) is 11.1. The van der Waals surface area contributed by atoms with E-state index in [0.29, 0.717) is 11.3 Å². The summed E-state index contributed by atoms with van der Waals surface area (Å²) >= 11 is 3.44. The average Bonchev–Trinajstić information content (AvgIpc) is 2.35. The van der Waals surface area contributed by atoms with Gasteiger partial charge in [-0.2, -0.15) is 0 Å². The molecule has 0 atom stereocenters. The molecule has 2 aromatic rings. The molecule has 2 rings (SSSR count). The van der Waals surface area contributed by atoms with Crippen LogP contribution in [0.4, 0.5) is 0 Å². The lowest BCUT2D eigenvalue weighted by molar-refractivity contribution is 0.0511. The number of carbonyl (C=O) groups is 1. The minimum Gasteiger partial charge on any atom is -0.468 e. The van der Waals surface area contributed by atoms with Crippen molar-refractivity contribution < 1.29 is 14.3 Å². The molecule has 0 aliphatic carbocycles. The van der Waals surface area contributed by atoms with Gasteiger partial charge in [0.25, 0.3) is 0 Å². The number of hydrogen-bond acceptors (Lipinski definition) is 3. The number of halogens is 1. The topological polar surface area (TPSA) is 35.5 Å². The summed E-state index contributed by atoms with van der Waals surface area (Å²) in [7, 11) is 1.55. The second-order valence-corrected chi connectivity index (χ2v) is 4.37. The van der Waals surface area contributed by atoms with Crippen molar-refractivity contribution in [3.05, 3.63) is 40.4 Å². The third-order valence-electron chi connectivity index (χ3n) is 2.40. The number of hydrogen-bond donors (Lipinski definition) is 0. The maximum Gasteiger partial charge on any atom is 0.188 e. The van der Waals surface area contributed by atoms with Crippen LogP contribution in [0, 0.1) is 0 Å². The standard InChI is InChI=1S/C13H11BrO3/c1-16-8-17-11-5-9-3-2-4-12(14)13(9)10(6-11)7-15/h2-7H,8H2,1H3. The van der Waals surface area contributed by atoms with E-state index in [4.69, 9.17) is 9.47 Å². The molecule has 2 aromatic carbocycles. The molecule has 0 bridgehead atoms. The van der Waals surface area contributed by atoms with Gasteiger partial charge in [0.15, 0.2) is 13.1 Å². The average molecular weight is 295 g/mol.